The molecule has 3 rings (SSSR count). The molecule has 164 valence electrons. The first kappa shape index (κ1) is 22.3. The minimum atomic E-state index is 0.169. The van der Waals surface area contributed by atoms with Crippen LogP contribution in [0.5, 0.6) is 5.75 Å². The molecule has 2 aromatic rings. The summed E-state index contributed by atoms with van der Waals surface area (Å²) in [5, 5.41) is 4.02. The van der Waals surface area contributed by atoms with Crippen molar-refractivity contribution in [1.29, 1.82) is 0 Å². The summed E-state index contributed by atoms with van der Waals surface area (Å²) in [6.07, 6.45) is 3.78. The van der Waals surface area contributed by atoms with Crippen LogP contribution in [0.1, 0.15) is 50.9 Å². The first-order chi connectivity index (χ1) is 14.5. The Balaban J connectivity index is 1.35. The number of ether oxygens (including phenoxy) is 2. The summed E-state index contributed by atoms with van der Waals surface area (Å²) in [6.45, 7) is 8.90. The van der Waals surface area contributed by atoms with E-state index in [1.54, 1.807) is 0 Å². The number of carbonyl (C=O) groups is 1. The minimum absolute atomic E-state index is 0.169. The van der Waals surface area contributed by atoms with Crippen LogP contribution in [0.2, 0.25) is 0 Å². The van der Waals surface area contributed by atoms with Gasteiger partial charge in [0.1, 0.15) is 5.75 Å². The standard InChI is InChI=1S/C23H33N3O4/c1-4-28-19-7-5-18(6-8-19)16-23(27)26-12-9-20(10-13-26)29-14-11-21-24-22(30-25-21)15-17(2)3/h5-8,17,20H,4,9-16H2,1-3H3. The van der Waals surface area contributed by atoms with Crippen LogP contribution in [-0.2, 0) is 28.8 Å². The minimum Gasteiger partial charge on any atom is -0.494 e. The van der Waals surface area contributed by atoms with Crippen LogP contribution in [0.15, 0.2) is 28.8 Å². The highest BCUT2D eigenvalue weighted by atomic mass is 16.5. The molecule has 0 aliphatic carbocycles. The molecule has 1 fully saturated rings. The molecule has 0 bridgehead atoms. The third-order valence-electron chi connectivity index (χ3n) is 5.16. The van der Waals surface area contributed by atoms with Gasteiger partial charge in [0.15, 0.2) is 5.82 Å². The molecule has 30 heavy (non-hydrogen) atoms. The average Bonchev–Trinajstić information content (AvgIpc) is 3.16. The molecule has 1 saturated heterocycles. The summed E-state index contributed by atoms with van der Waals surface area (Å²) >= 11 is 0. The Morgan fingerprint density at radius 2 is 1.97 bits per heavy atom. The number of benzene rings is 1. The fourth-order valence-electron chi connectivity index (χ4n) is 3.57. The molecule has 2 heterocycles. The second-order valence-corrected chi connectivity index (χ2v) is 8.16. The van der Waals surface area contributed by atoms with Crippen LogP contribution in [-0.4, -0.2) is 53.4 Å². The lowest BCUT2D eigenvalue weighted by Crippen LogP contribution is -2.41. The molecule has 0 saturated carbocycles. The van der Waals surface area contributed by atoms with Crippen LogP contribution in [0.3, 0.4) is 0 Å². The maximum Gasteiger partial charge on any atom is 0.226 e. The van der Waals surface area contributed by atoms with Crippen molar-refractivity contribution >= 4 is 5.91 Å². The predicted octanol–water partition coefficient (Wildman–Crippen LogP) is 3.46. The summed E-state index contributed by atoms with van der Waals surface area (Å²) in [7, 11) is 0. The van der Waals surface area contributed by atoms with Crippen molar-refractivity contribution in [2.45, 2.75) is 59.0 Å². The summed E-state index contributed by atoms with van der Waals surface area (Å²) < 4.78 is 16.7. The van der Waals surface area contributed by atoms with Crippen LogP contribution < -0.4 is 4.74 Å². The van der Waals surface area contributed by atoms with E-state index >= 15 is 0 Å². The zero-order valence-corrected chi connectivity index (χ0v) is 18.3. The molecule has 1 aliphatic rings. The van der Waals surface area contributed by atoms with Crippen molar-refractivity contribution in [1.82, 2.24) is 15.0 Å². The van der Waals surface area contributed by atoms with Crippen molar-refractivity contribution in [2.24, 2.45) is 5.92 Å². The molecular weight excluding hydrogens is 382 g/mol. The third-order valence-corrected chi connectivity index (χ3v) is 5.16. The van der Waals surface area contributed by atoms with Crippen molar-refractivity contribution in [3.63, 3.8) is 0 Å². The number of piperidine rings is 1. The SMILES string of the molecule is CCOc1ccc(CC(=O)N2CCC(OCCc3noc(CC(C)C)n3)CC2)cc1. The molecule has 0 unspecified atom stereocenters. The van der Waals surface area contributed by atoms with Crippen molar-refractivity contribution in [3.8, 4) is 5.75 Å². The molecule has 1 aromatic carbocycles. The Hall–Kier alpha value is -2.41. The molecule has 7 heteroatoms. The number of carbonyl (C=O) groups excluding carboxylic acids is 1. The van der Waals surface area contributed by atoms with Crippen LogP contribution in [0.4, 0.5) is 0 Å². The summed E-state index contributed by atoms with van der Waals surface area (Å²) in [4.78, 5) is 18.9. The molecule has 1 amide bonds. The first-order valence-corrected chi connectivity index (χ1v) is 11.0. The second kappa shape index (κ2) is 11.1. The molecule has 0 radical (unpaired) electrons. The normalized spacial score (nSPS) is 15.0. The molecule has 7 nitrogen and oxygen atoms in total. The van der Waals surface area contributed by atoms with E-state index in [0.29, 0.717) is 43.7 Å². The van der Waals surface area contributed by atoms with Gasteiger partial charge in [0.25, 0.3) is 0 Å². The van der Waals surface area contributed by atoms with E-state index in [2.05, 4.69) is 24.0 Å². The fraction of sp³-hybridized carbons (Fsp3) is 0.609. The van der Waals surface area contributed by atoms with Gasteiger partial charge >= 0.3 is 0 Å². The van der Waals surface area contributed by atoms with Gasteiger partial charge in [-0.3, -0.25) is 4.79 Å². The van der Waals surface area contributed by atoms with Crippen LogP contribution in [0, 0.1) is 5.92 Å². The second-order valence-electron chi connectivity index (χ2n) is 8.16. The van der Waals surface area contributed by atoms with Crippen LogP contribution >= 0.6 is 0 Å². The van der Waals surface area contributed by atoms with Gasteiger partial charge in [0.2, 0.25) is 11.8 Å². The largest absolute Gasteiger partial charge is 0.494 e. The van der Waals surface area contributed by atoms with Gasteiger partial charge in [-0.25, -0.2) is 0 Å². The Morgan fingerprint density at radius 3 is 2.63 bits per heavy atom. The molecule has 0 spiro atoms. The third kappa shape index (κ3) is 6.83. The first-order valence-electron chi connectivity index (χ1n) is 11.0. The zero-order valence-electron chi connectivity index (χ0n) is 18.3. The van der Waals surface area contributed by atoms with Gasteiger partial charge in [0.05, 0.1) is 25.7 Å². The number of hydrogen-bond donors (Lipinski definition) is 0. The highest BCUT2D eigenvalue weighted by Crippen LogP contribution is 2.17. The van der Waals surface area contributed by atoms with E-state index in [9.17, 15) is 4.79 Å². The highest BCUT2D eigenvalue weighted by Gasteiger charge is 2.23. The van der Waals surface area contributed by atoms with Gasteiger partial charge in [0, 0.05) is 25.9 Å². The Morgan fingerprint density at radius 1 is 1.23 bits per heavy atom. The molecule has 0 atom stereocenters. The van der Waals surface area contributed by atoms with Gasteiger partial charge in [-0.05, 0) is 43.4 Å². The maximum atomic E-state index is 12.6. The lowest BCUT2D eigenvalue weighted by Gasteiger charge is -2.32. The van der Waals surface area contributed by atoms with E-state index in [-0.39, 0.29) is 12.0 Å². The summed E-state index contributed by atoms with van der Waals surface area (Å²) in [5.74, 6) is 2.90. The fourth-order valence-corrected chi connectivity index (χ4v) is 3.57. The van der Waals surface area contributed by atoms with Gasteiger partial charge in [-0.2, -0.15) is 4.98 Å². The number of rotatable bonds is 10. The van der Waals surface area contributed by atoms with Crippen molar-refractivity contribution in [3.05, 3.63) is 41.5 Å². The zero-order chi connectivity index (χ0) is 21.3. The van der Waals surface area contributed by atoms with E-state index in [1.165, 1.54) is 0 Å². The monoisotopic (exact) mass is 415 g/mol. The van der Waals surface area contributed by atoms with Crippen LogP contribution in [0.25, 0.3) is 0 Å². The maximum absolute atomic E-state index is 12.6. The quantitative estimate of drug-likeness (QED) is 0.591. The lowest BCUT2D eigenvalue weighted by molar-refractivity contribution is -0.133. The van der Waals surface area contributed by atoms with Gasteiger partial charge in [-0.1, -0.05) is 31.1 Å². The average molecular weight is 416 g/mol. The van der Waals surface area contributed by atoms with E-state index in [4.69, 9.17) is 14.0 Å². The number of likely N-dealkylation sites (tertiary alicyclic amines) is 1. The van der Waals surface area contributed by atoms with Gasteiger partial charge in [-0.15, -0.1) is 0 Å². The number of hydrogen-bond acceptors (Lipinski definition) is 6. The van der Waals surface area contributed by atoms with E-state index < -0.39 is 0 Å². The molecular formula is C23H33N3O4. The Labute approximate surface area is 178 Å². The van der Waals surface area contributed by atoms with Crippen molar-refractivity contribution in [2.75, 3.05) is 26.3 Å². The Bertz CT molecular complexity index is 780. The molecule has 0 N–H and O–H groups in total. The topological polar surface area (TPSA) is 77.7 Å². The summed E-state index contributed by atoms with van der Waals surface area (Å²) in [5.41, 5.74) is 1.01. The smallest absolute Gasteiger partial charge is 0.226 e. The Kier molecular flexibility index (Phi) is 8.25. The molecule has 1 aromatic heterocycles. The van der Waals surface area contributed by atoms with E-state index in [1.807, 2.05) is 36.1 Å². The molecule has 1 aliphatic heterocycles. The van der Waals surface area contributed by atoms with E-state index in [0.717, 1.165) is 43.7 Å². The number of aromatic nitrogens is 2. The van der Waals surface area contributed by atoms with Gasteiger partial charge < -0.3 is 18.9 Å². The highest BCUT2D eigenvalue weighted by molar-refractivity contribution is 5.78. The summed E-state index contributed by atoms with van der Waals surface area (Å²) in [6, 6.07) is 7.76. The van der Waals surface area contributed by atoms with Crippen molar-refractivity contribution < 1.29 is 18.8 Å². The number of amides is 1. The predicted molar refractivity (Wildman–Crippen MR) is 113 cm³/mol. The lowest BCUT2D eigenvalue weighted by atomic mass is 10.1. The number of nitrogens with zero attached hydrogens (tertiary/aromatic N) is 3.